The number of amides is 1. The van der Waals surface area contributed by atoms with Crippen molar-refractivity contribution in [3.8, 4) is 0 Å². The molecule has 3 rings (SSSR count). The molecule has 0 radical (unpaired) electrons. The first-order valence-corrected chi connectivity index (χ1v) is 10.2. The SMILES string of the molecule is CC(C)n1nccc1NC(=O)C1CCCN(S(=O)(=O)c2ccccc2)C1. The quantitative estimate of drug-likeness (QED) is 0.869. The summed E-state index contributed by atoms with van der Waals surface area (Å²) in [4.78, 5) is 12.9. The maximum Gasteiger partial charge on any atom is 0.243 e. The van der Waals surface area contributed by atoms with Crippen molar-refractivity contribution in [3.63, 3.8) is 0 Å². The van der Waals surface area contributed by atoms with E-state index in [9.17, 15) is 13.2 Å². The zero-order valence-electron chi connectivity index (χ0n) is 15.0. The molecule has 1 aromatic carbocycles. The molecule has 1 aromatic heterocycles. The highest BCUT2D eigenvalue weighted by Gasteiger charge is 2.33. The molecular weight excluding hydrogens is 352 g/mol. The summed E-state index contributed by atoms with van der Waals surface area (Å²) in [6.07, 6.45) is 2.97. The molecule has 1 amide bonds. The zero-order valence-corrected chi connectivity index (χ0v) is 15.8. The van der Waals surface area contributed by atoms with Gasteiger partial charge in [0.2, 0.25) is 15.9 Å². The third-order valence-corrected chi connectivity index (χ3v) is 6.43. The van der Waals surface area contributed by atoms with Gasteiger partial charge in [0.15, 0.2) is 0 Å². The summed E-state index contributed by atoms with van der Waals surface area (Å²) in [5.74, 6) is 0.0890. The Morgan fingerprint density at radius 3 is 2.65 bits per heavy atom. The number of carbonyl (C=O) groups is 1. The number of nitrogens with one attached hydrogen (secondary N) is 1. The fourth-order valence-electron chi connectivity index (χ4n) is 3.17. The number of sulfonamides is 1. The van der Waals surface area contributed by atoms with Crippen molar-refractivity contribution in [1.82, 2.24) is 14.1 Å². The van der Waals surface area contributed by atoms with Gasteiger partial charge in [0, 0.05) is 25.2 Å². The molecule has 0 spiro atoms. The van der Waals surface area contributed by atoms with Crippen LogP contribution in [0.25, 0.3) is 0 Å². The van der Waals surface area contributed by atoms with Crippen molar-refractivity contribution in [3.05, 3.63) is 42.6 Å². The molecule has 26 heavy (non-hydrogen) atoms. The molecule has 1 aliphatic rings. The molecule has 7 nitrogen and oxygen atoms in total. The molecule has 1 aliphatic heterocycles. The van der Waals surface area contributed by atoms with Gasteiger partial charge in [0.05, 0.1) is 17.0 Å². The number of piperidine rings is 1. The van der Waals surface area contributed by atoms with Gasteiger partial charge in [-0.3, -0.25) is 4.79 Å². The summed E-state index contributed by atoms with van der Waals surface area (Å²) < 4.78 is 28.7. The van der Waals surface area contributed by atoms with Crippen LogP contribution in [0.4, 0.5) is 5.82 Å². The molecule has 1 fully saturated rings. The van der Waals surface area contributed by atoms with Crippen molar-refractivity contribution in [2.24, 2.45) is 5.92 Å². The highest BCUT2D eigenvalue weighted by atomic mass is 32.2. The Morgan fingerprint density at radius 1 is 1.23 bits per heavy atom. The maximum atomic E-state index is 12.8. The maximum absolute atomic E-state index is 12.8. The molecule has 1 N–H and O–H groups in total. The second-order valence-corrected chi connectivity index (χ2v) is 8.70. The molecule has 0 aliphatic carbocycles. The predicted molar refractivity (Wildman–Crippen MR) is 99.2 cm³/mol. The van der Waals surface area contributed by atoms with Crippen molar-refractivity contribution in [1.29, 1.82) is 0 Å². The lowest BCUT2D eigenvalue weighted by atomic mass is 9.99. The molecular formula is C18H24N4O3S. The van der Waals surface area contributed by atoms with E-state index in [1.165, 1.54) is 4.31 Å². The monoisotopic (exact) mass is 376 g/mol. The van der Waals surface area contributed by atoms with Crippen LogP contribution in [0.15, 0.2) is 47.5 Å². The van der Waals surface area contributed by atoms with Crippen LogP contribution in [0, 0.1) is 5.92 Å². The Labute approximate surface area is 154 Å². The van der Waals surface area contributed by atoms with E-state index in [1.807, 2.05) is 13.8 Å². The highest BCUT2D eigenvalue weighted by molar-refractivity contribution is 7.89. The van der Waals surface area contributed by atoms with Crippen molar-refractivity contribution in [2.45, 2.75) is 37.6 Å². The first-order chi connectivity index (χ1) is 12.4. The number of aromatic nitrogens is 2. The standard InChI is InChI=1S/C18H24N4O3S/c1-14(2)22-17(10-11-19-22)20-18(23)15-7-6-12-21(13-15)26(24,25)16-8-4-3-5-9-16/h3-5,8-11,14-15H,6-7,12-13H2,1-2H3,(H,20,23). The van der Waals surface area contributed by atoms with Gasteiger partial charge in [-0.25, -0.2) is 13.1 Å². The number of rotatable bonds is 5. The van der Waals surface area contributed by atoms with Crippen LogP contribution in [-0.2, 0) is 14.8 Å². The van der Waals surface area contributed by atoms with E-state index in [-0.39, 0.29) is 29.3 Å². The predicted octanol–water partition coefficient (Wildman–Crippen LogP) is 2.50. The number of nitrogens with zero attached hydrogens (tertiary/aromatic N) is 3. The van der Waals surface area contributed by atoms with Gasteiger partial charge in [-0.05, 0) is 38.8 Å². The van der Waals surface area contributed by atoms with Crippen LogP contribution in [-0.4, -0.2) is 41.5 Å². The Morgan fingerprint density at radius 2 is 1.96 bits per heavy atom. The summed E-state index contributed by atoms with van der Waals surface area (Å²) in [6.45, 7) is 4.60. The summed E-state index contributed by atoms with van der Waals surface area (Å²) >= 11 is 0. The van der Waals surface area contributed by atoms with E-state index in [0.717, 1.165) is 0 Å². The van der Waals surface area contributed by atoms with Crippen LogP contribution in [0.2, 0.25) is 0 Å². The van der Waals surface area contributed by atoms with E-state index in [0.29, 0.717) is 25.2 Å². The molecule has 2 aromatic rings. The average molecular weight is 376 g/mol. The largest absolute Gasteiger partial charge is 0.311 e. The molecule has 0 bridgehead atoms. The third kappa shape index (κ3) is 3.81. The van der Waals surface area contributed by atoms with E-state index in [4.69, 9.17) is 0 Å². The van der Waals surface area contributed by atoms with Crippen LogP contribution in [0.5, 0.6) is 0 Å². The Hall–Kier alpha value is -2.19. The number of hydrogen-bond donors (Lipinski definition) is 1. The third-order valence-electron chi connectivity index (χ3n) is 4.55. The van der Waals surface area contributed by atoms with E-state index < -0.39 is 10.0 Å². The van der Waals surface area contributed by atoms with Gasteiger partial charge in [0.1, 0.15) is 5.82 Å². The molecule has 1 atom stereocenters. The van der Waals surface area contributed by atoms with Crippen molar-refractivity contribution < 1.29 is 13.2 Å². The van der Waals surface area contributed by atoms with Crippen LogP contribution in [0.3, 0.4) is 0 Å². The lowest BCUT2D eigenvalue weighted by molar-refractivity contribution is -0.120. The smallest absolute Gasteiger partial charge is 0.243 e. The Bertz CT molecular complexity index is 862. The van der Waals surface area contributed by atoms with E-state index >= 15 is 0 Å². The minimum atomic E-state index is -3.58. The summed E-state index contributed by atoms with van der Waals surface area (Å²) in [5, 5.41) is 7.10. The summed E-state index contributed by atoms with van der Waals surface area (Å²) in [6, 6.07) is 10.2. The highest BCUT2D eigenvalue weighted by Crippen LogP contribution is 2.25. The molecule has 140 valence electrons. The minimum absolute atomic E-state index is 0.126. The molecule has 2 heterocycles. The molecule has 8 heteroatoms. The fraction of sp³-hybridized carbons (Fsp3) is 0.444. The van der Waals surface area contributed by atoms with E-state index in [2.05, 4.69) is 10.4 Å². The van der Waals surface area contributed by atoms with Gasteiger partial charge in [-0.15, -0.1) is 0 Å². The minimum Gasteiger partial charge on any atom is -0.311 e. The van der Waals surface area contributed by atoms with Crippen molar-refractivity contribution in [2.75, 3.05) is 18.4 Å². The van der Waals surface area contributed by atoms with Gasteiger partial charge in [0.25, 0.3) is 0 Å². The number of hydrogen-bond acceptors (Lipinski definition) is 4. The van der Waals surface area contributed by atoms with Crippen LogP contribution >= 0.6 is 0 Å². The Kier molecular flexibility index (Phi) is 5.43. The fourth-order valence-corrected chi connectivity index (χ4v) is 4.71. The normalized spacial score (nSPS) is 18.8. The van der Waals surface area contributed by atoms with Crippen molar-refractivity contribution >= 4 is 21.7 Å². The topological polar surface area (TPSA) is 84.3 Å². The summed E-state index contributed by atoms with van der Waals surface area (Å²) in [7, 11) is -3.58. The van der Waals surface area contributed by atoms with Gasteiger partial charge >= 0.3 is 0 Å². The van der Waals surface area contributed by atoms with Gasteiger partial charge in [-0.1, -0.05) is 18.2 Å². The average Bonchev–Trinajstić information content (AvgIpc) is 3.11. The molecule has 1 unspecified atom stereocenters. The number of carbonyl (C=O) groups excluding carboxylic acids is 1. The zero-order chi connectivity index (χ0) is 18.7. The lowest BCUT2D eigenvalue weighted by Gasteiger charge is -2.31. The van der Waals surface area contributed by atoms with Crippen LogP contribution < -0.4 is 5.32 Å². The lowest BCUT2D eigenvalue weighted by Crippen LogP contribution is -2.43. The first kappa shape index (κ1) is 18.6. The summed E-state index contributed by atoms with van der Waals surface area (Å²) in [5.41, 5.74) is 0. The Balaban J connectivity index is 1.72. The van der Waals surface area contributed by atoms with E-state index in [1.54, 1.807) is 47.3 Å². The number of anilines is 1. The first-order valence-electron chi connectivity index (χ1n) is 8.79. The second-order valence-electron chi connectivity index (χ2n) is 6.76. The molecule has 1 saturated heterocycles. The van der Waals surface area contributed by atoms with Crippen LogP contribution in [0.1, 0.15) is 32.7 Å². The van der Waals surface area contributed by atoms with Gasteiger partial charge in [-0.2, -0.15) is 9.40 Å². The van der Waals surface area contributed by atoms with Gasteiger partial charge < -0.3 is 5.32 Å². The number of benzene rings is 1. The second kappa shape index (κ2) is 7.59. The molecule has 0 saturated carbocycles.